The molecule has 0 aliphatic rings. The van der Waals surface area contributed by atoms with Crippen molar-refractivity contribution >= 4 is 23.6 Å². The number of nitrogens with one attached hydrogen (secondary N) is 3. The van der Waals surface area contributed by atoms with Crippen LogP contribution >= 0.6 is 0 Å². The maximum absolute atomic E-state index is 13.2. The first-order valence-electron chi connectivity index (χ1n) is 9.52. The molecule has 0 aromatic heterocycles. The molecule has 0 radical (unpaired) electrons. The number of hydrogen-bond acceptors (Lipinski definition) is 4. The number of anilines is 1. The van der Waals surface area contributed by atoms with Crippen LogP contribution in [0.4, 0.5) is 14.9 Å². The molecule has 7 nitrogen and oxygen atoms in total. The molecule has 3 amide bonds. The minimum atomic E-state index is -0.588. The summed E-state index contributed by atoms with van der Waals surface area (Å²) in [6.45, 7) is 5.77. The average Bonchev–Trinajstić information content (AvgIpc) is 2.66. The Balaban J connectivity index is 1.73. The summed E-state index contributed by atoms with van der Waals surface area (Å²) >= 11 is 0. The van der Waals surface area contributed by atoms with E-state index in [0.717, 1.165) is 11.6 Å². The highest BCUT2D eigenvalue weighted by molar-refractivity contribution is 6.04. The van der Waals surface area contributed by atoms with Gasteiger partial charge in [0, 0.05) is 30.8 Å². The van der Waals surface area contributed by atoms with Crippen molar-refractivity contribution in [1.29, 1.82) is 0 Å². The molecule has 0 unspecified atom stereocenters. The number of carbonyl (C=O) groups is 3. The molecule has 0 saturated heterocycles. The quantitative estimate of drug-likeness (QED) is 0.644. The number of halogens is 1. The van der Waals surface area contributed by atoms with Gasteiger partial charge in [0.25, 0.3) is 5.91 Å². The highest BCUT2D eigenvalue weighted by Gasteiger charge is 2.15. The zero-order valence-corrected chi connectivity index (χ0v) is 17.3. The maximum Gasteiger partial charge on any atom is 0.407 e. The summed E-state index contributed by atoms with van der Waals surface area (Å²) in [7, 11) is 0. The summed E-state index contributed by atoms with van der Waals surface area (Å²) in [5.41, 5.74) is 1.04. The van der Waals surface area contributed by atoms with Gasteiger partial charge < -0.3 is 20.7 Å². The largest absolute Gasteiger partial charge is 0.444 e. The molecular formula is C22H26FN3O4. The number of benzene rings is 2. The molecule has 8 heteroatoms. The summed E-state index contributed by atoms with van der Waals surface area (Å²) in [6, 6.07) is 12.4. The molecule has 0 aliphatic heterocycles. The van der Waals surface area contributed by atoms with E-state index in [1.165, 1.54) is 18.2 Å². The first kappa shape index (κ1) is 22.9. The van der Waals surface area contributed by atoms with E-state index >= 15 is 0 Å². The van der Waals surface area contributed by atoms with E-state index in [1.807, 2.05) is 0 Å². The lowest BCUT2D eigenvalue weighted by atomic mass is 10.1. The van der Waals surface area contributed by atoms with Crippen molar-refractivity contribution in [3.8, 4) is 0 Å². The predicted molar refractivity (Wildman–Crippen MR) is 111 cm³/mol. The van der Waals surface area contributed by atoms with Gasteiger partial charge in [-0.3, -0.25) is 9.59 Å². The lowest BCUT2D eigenvalue weighted by Crippen LogP contribution is -2.35. The monoisotopic (exact) mass is 415 g/mol. The van der Waals surface area contributed by atoms with Crippen molar-refractivity contribution in [2.75, 3.05) is 11.9 Å². The zero-order valence-electron chi connectivity index (χ0n) is 17.3. The highest BCUT2D eigenvalue weighted by Crippen LogP contribution is 2.12. The van der Waals surface area contributed by atoms with Crippen LogP contribution in [0, 0.1) is 5.82 Å². The van der Waals surface area contributed by atoms with E-state index in [9.17, 15) is 18.8 Å². The van der Waals surface area contributed by atoms with Gasteiger partial charge in [-0.05, 0) is 56.7 Å². The number of alkyl carbamates (subject to hydrolysis) is 1. The Morgan fingerprint density at radius 2 is 1.70 bits per heavy atom. The third-order valence-corrected chi connectivity index (χ3v) is 3.81. The molecule has 0 saturated carbocycles. The lowest BCUT2D eigenvalue weighted by molar-refractivity contribution is -0.121. The van der Waals surface area contributed by atoms with Gasteiger partial charge >= 0.3 is 6.09 Å². The zero-order chi connectivity index (χ0) is 22.1. The Morgan fingerprint density at radius 1 is 1.00 bits per heavy atom. The van der Waals surface area contributed by atoms with Crippen molar-refractivity contribution in [1.82, 2.24) is 10.6 Å². The topological polar surface area (TPSA) is 96.5 Å². The molecule has 0 heterocycles. The predicted octanol–water partition coefficient (Wildman–Crippen LogP) is 3.61. The Bertz CT molecular complexity index is 892. The highest BCUT2D eigenvalue weighted by atomic mass is 19.1. The molecule has 0 bridgehead atoms. The number of hydrogen-bond donors (Lipinski definition) is 3. The van der Waals surface area contributed by atoms with Crippen LogP contribution in [-0.4, -0.2) is 30.1 Å². The van der Waals surface area contributed by atoms with Crippen molar-refractivity contribution in [3.63, 3.8) is 0 Å². The molecular weight excluding hydrogens is 389 g/mol. The van der Waals surface area contributed by atoms with Crippen LogP contribution in [0.15, 0.2) is 48.5 Å². The van der Waals surface area contributed by atoms with Crippen molar-refractivity contribution in [2.45, 2.75) is 39.3 Å². The molecule has 2 rings (SSSR count). The average molecular weight is 415 g/mol. The van der Waals surface area contributed by atoms with E-state index in [-0.39, 0.29) is 24.4 Å². The van der Waals surface area contributed by atoms with Gasteiger partial charge in [0.1, 0.15) is 11.4 Å². The summed E-state index contributed by atoms with van der Waals surface area (Å²) in [6.07, 6.45) is -0.438. The summed E-state index contributed by atoms with van der Waals surface area (Å²) in [5.74, 6) is -1.10. The van der Waals surface area contributed by atoms with Crippen molar-refractivity contribution in [2.24, 2.45) is 0 Å². The maximum atomic E-state index is 13.2. The Labute approximate surface area is 175 Å². The van der Waals surface area contributed by atoms with Crippen LogP contribution in [0.5, 0.6) is 0 Å². The molecule has 0 aliphatic carbocycles. The second kappa shape index (κ2) is 10.4. The van der Waals surface area contributed by atoms with Gasteiger partial charge in [-0.15, -0.1) is 0 Å². The third-order valence-electron chi connectivity index (χ3n) is 3.81. The minimum Gasteiger partial charge on any atom is -0.444 e. The van der Waals surface area contributed by atoms with Gasteiger partial charge in [0.15, 0.2) is 0 Å². The fourth-order valence-corrected chi connectivity index (χ4v) is 2.42. The fourth-order valence-electron chi connectivity index (χ4n) is 2.42. The summed E-state index contributed by atoms with van der Waals surface area (Å²) < 4.78 is 18.3. The number of ether oxygens (including phenoxy) is 1. The minimum absolute atomic E-state index is 0.126. The standard InChI is InChI=1S/C22H26FN3O4/c1-22(2,3)30-21(29)24-12-11-19(27)25-14-15-7-9-18(10-8-15)26-20(28)16-5-4-6-17(23)13-16/h4-10,13H,11-12,14H2,1-3H3,(H,24,29)(H,25,27)(H,26,28). The fraction of sp³-hybridized carbons (Fsp3) is 0.318. The Morgan fingerprint density at radius 3 is 2.33 bits per heavy atom. The van der Waals surface area contributed by atoms with E-state index in [4.69, 9.17) is 4.74 Å². The first-order chi connectivity index (χ1) is 14.1. The smallest absolute Gasteiger partial charge is 0.407 e. The summed E-state index contributed by atoms with van der Waals surface area (Å²) in [5, 5.41) is 7.97. The van der Waals surface area contributed by atoms with E-state index in [2.05, 4.69) is 16.0 Å². The molecule has 0 fully saturated rings. The number of amides is 3. The molecule has 2 aromatic rings. The van der Waals surface area contributed by atoms with Gasteiger partial charge in [0.2, 0.25) is 5.91 Å². The van der Waals surface area contributed by atoms with E-state index in [0.29, 0.717) is 12.2 Å². The molecule has 0 spiro atoms. The second-order valence-electron chi connectivity index (χ2n) is 7.62. The SMILES string of the molecule is CC(C)(C)OC(=O)NCCC(=O)NCc1ccc(NC(=O)c2cccc(F)c2)cc1. The van der Waals surface area contributed by atoms with Crippen LogP contribution < -0.4 is 16.0 Å². The number of carbonyl (C=O) groups excluding carboxylic acids is 3. The first-order valence-corrected chi connectivity index (χ1v) is 9.52. The normalized spacial score (nSPS) is 10.8. The van der Waals surface area contributed by atoms with Crippen LogP contribution in [0.2, 0.25) is 0 Å². The second-order valence-corrected chi connectivity index (χ2v) is 7.62. The van der Waals surface area contributed by atoms with Gasteiger partial charge in [-0.25, -0.2) is 9.18 Å². The Hall–Kier alpha value is -3.42. The molecule has 160 valence electrons. The van der Waals surface area contributed by atoms with Gasteiger partial charge in [-0.2, -0.15) is 0 Å². The molecule has 2 aromatic carbocycles. The lowest BCUT2D eigenvalue weighted by Gasteiger charge is -2.19. The van der Waals surface area contributed by atoms with Gasteiger partial charge in [0.05, 0.1) is 0 Å². The molecule has 3 N–H and O–H groups in total. The molecule has 30 heavy (non-hydrogen) atoms. The van der Waals surface area contributed by atoms with E-state index in [1.54, 1.807) is 45.0 Å². The van der Waals surface area contributed by atoms with Crippen LogP contribution in [0.3, 0.4) is 0 Å². The van der Waals surface area contributed by atoms with Gasteiger partial charge in [-0.1, -0.05) is 18.2 Å². The van der Waals surface area contributed by atoms with Crippen molar-refractivity contribution in [3.05, 3.63) is 65.5 Å². The Kier molecular flexibility index (Phi) is 7.91. The van der Waals surface area contributed by atoms with Crippen LogP contribution in [0.1, 0.15) is 43.1 Å². The number of rotatable bonds is 7. The van der Waals surface area contributed by atoms with E-state index < -0.39 is 23.4 Å². The third kappa shape index (κ3) is 8.30. The molecule has 0 atom stereocenters. The summed E-state index contributed by atoms with van der Waals surface area (Å²) in [4.78, 5) is 35.5. The van der Waals surface area contributed by atoms with Crippen molar-refractivity contribution < 1.29 is 23.5 Å². The van der Waals surface area contributed by atoms with Crippen LogP contribution in [-0.2, 0) is 16.1 Å². The van der Waals surface area contributed by atoms with Crippen LogP contribution in [0.25, 0.3) is 0 Å².